The average Bonchev–Trinajstić information content (AvgIpc) is 3.98. The van der Waals surface area contributed by atoms with Crippen LogP contribution in [-0.2, 0) is 10.8 Å². The normalized spacial score (nSPS) is 12.7. The molecule has 0 N–H and O–H groups in total. The highest BCUT2D eigenvalue weighted by Crippen LogP contribution is 2.49. The molecule has 0 saturated carbocycles. The van der Waals surface area contributed by atoms with Crippen LogP contribution < -0.4 is 14.7 Å². The lowest BCUT2D eigenvalue weighted by Gasteiger charge is -2.33. The largest absolute Gasteiger partial charge is 0.321 e. The summed E-state index contributed by atoms with van der Waals surface area (Å²) in [7, 11) is 0. The molecule has 5 heteroatoms. The highest BCUT2D eigenvalue weighted by molar-refractivity contribution is 6.10. The van der Waals surface area contributed by atoms with Gasteiger partial charge in [-0.25, -0.2) is 4.98 Å². The van der Waals surface area contributed by atoms with Crippen molar-refractivity contribution in [3.05, 3.63) is 271 Å². The van der Waals surface area contributed by atoms with E-state index < -0.39 is 0 Å². The minimum Gasteiger partial charge on any atom is -0.321 e. The fraction of sp³-hybridized carbons (Fsp3) is 0.106. The second-order valence-electron chi connectivity index (χ2n) is 19.8. The van der Waals surface area contributed by atoms with Crippen LogP contribution in [-0.4, -0.2) is 16.2 Å². The summed E-state index contributed by atoms with van der Waals surface area (Å²) in [5.41, 5.74) is 16.9. The first-order valence-electron chi connectivity index (χ1n) is 24.6. The van der Waals surface area contributed by atoms with E-state index in [0.29, 0.717) is 6.67 Å². The molecule has 2 aromatic heterocycles. The van der Waals surface area contributed by atoms with Gasteiger partial charge in [0, 0.05) is 56.2 Å². The maximum Gasteiger partial charge on any atom is 0.137 e. The summed E-state index contributed by atoms with van der Waals surface area (Å²) < 4.78 is 2.29. The number of hydrogen-bond acceptors (Lipinski definition) is 4. The summed E-state index contributed by atoms with van der Waals surface area (Å²) in [6, 6.07) is 88.3. The Morgan fingerprint density at radius 2 is 0.915 bits per heavy atom. The van der Waals surface area contributed by atoms with E-state index >= 15 is 0 Å². The van der Waals surface area contributed by atoms with Crippen LogP contribution in [0.1, 0.15) is 49.9 Å². The Kier molecular flexibility index (Phi) is 10.9. The van der Waals surface area contributed by atoms with Crippen molar-refractivity contribution in [3.63, 3.8) is 0 Å². The molecule has 9 aromatic carbocycles. The fourth-order valence-corrected chi connectivity index (χ4v) is 10.7. The van der Waals surface area contributed by atoms with Gasteiger partial charge in [0.25, 0.3) is 0 Å². The number of fused-ring (bicyclic) bond motifs is 4. The molecular formula is C66H55N5. The molecule has 3 heterocycles. The molecule has 0 amide bonds. The van der Waals surface area contributed by atoms with E-state index in [1.165, 1.54) is 44.4 Å². The second-order valence-corrected chi connectivity index (χ2v) is 19.8. The summed E-state index contributed by atoms with van der Waals surface area (Å²) in [6.45, 7) is 10.1. The number of benzene rings is 9. The smallest absolute Gasteiger partial charge is 0.137 e. The van der Waals surface area contributed by atoms with Crippen molar-refractivity contribution in [2.75, 3.05) is 21.4 Å². The number of nitrogens with zero attached hydrogens (tertiary/aromatic N) is 5. The third kappa shape index (κ3) is 7.80. The zero-order valence-corrected chi connectivity index (χ0v) is 40.6. The Bertz CT molecular complexity index is 3610. The van der Waals surface area contributed by atoms with Crippen LogP contribution in [0.2, 0.25) is 0 Å². The van der Waals surface area contributed by atoms with Gasteiger partial charge in [-0.3, -0.25) is 4.57 Å². The monoisotopic (exact) mass is 917 g/mol. The lowest BCUT2D eigenvalue weighted by molar-refractivity contribution is 0.617. The topological polar surface area (TPSA) is 27.5 Å². The third-order valence-electron chi connectivity index (χ3n) is 14.8. The molecule has 71 heavy (non-hydrogen) atoms. The minimum absolute atomic E-state index is 0.257. The molecule has 1 aliphatic heterocycles. The molecule has 0 unspecified atom stereocenters. The second kappa shape index (κ2) is 17.7. The van der Waals surface area contributed by atoms with Gasteiger partial charge in [-0.2, -0.15) is 0 Å². The van der Waals surface area contributed by atoms with E-state index in [0.717, 1.165) is 56.4 Å². The summed E-state index contributed by atoms with van der Waals surface area (Å²) in [5, 5.41) is 2.38. The molecule has 344 valence electrons. The lowest BCUT2D eigenvalue weighted by atomic mass is 9.73. The van der Waals surface area contributed by atoms with E-state index in [9.17, 15) is 0 Å². The zero-order chi connectivity index (χ0) is 48.1. The lowest BCUT2D eigenvalue weighted by Crippen LogP contribution is -2.27. The molecule has 0 radical (unpaired) electrons. The molecule has 0 fully saturated rings. The predicted octanol–water partition coefficient (Wildman–Crippen LogP) is 17.2. The highest BCUT2D eigenvalue weighted by Gasteiger charge is 2.34. The number of hydrogen-bond donors (Lipinski definition) is 0. The van der Waals surface area contributed by atoms with Crippen molar-refractivity contribution in [3.8, 4) is 16.9 Å². The molecule has 0 saturated heterocycles. The van der Waals surface area contributed by atoms with Gasteiger partial charge in [0.05, 0.1) is 22.4 Å². The number of pyridine rings is 1. The molecule has 0 spiro atoms. The molecule has 5 nitrogen and oxygen atoms in total. The van der Waals surface area contributed by atoms with E-state index in [2.05, 4.69) is 284 Å². The average molecular weight is 918 g/mol. The van der Waals surface area contributed by atoms with Crippen LogP contribution in [0.25, 0.3) is 38.8 Å². The van der Waals surface area contributed by atoms with Crippen molar-refractivity contribution in [1.82, 2.24) is 9.55 Å². The fourth-order valence-electron chi connectivity index (χ4n) is 10.7. The quantitative estimate of drug-likeness (QED) is 0.129. The van der Waals surface area contributed by atoms with E-state index in [1.807, 2.05) is 12.3 Å². The highest BCUT2D eigenvalue weighted by atomic mass is 15.4. The van der Waals surface area contributed by atoms with Crippen molar-refractivity contribution in [2.45, 2.75) is 38.5 Å². The SMILES string of the molecule is CC(C)(c1ccccc1)c1cc(N2CN(c3cc(-c4ccccc4)cc(N(c4ccccc4)c4ccc5c6ccccc6n(-c6ccccn6)c5c4)c3)c3ccccc32)cc(C(C)(C)c2ccccc2)c1. The maximum absolute atomic E-state index is 4.86. The first-order chi connectivity index (χ1) is 34.7. The van der Waals surface area contributed by atoms with Crippen molar-refractivity contribution >= 4 is 61.6 Å². The maximum atomic E-state index is 4.86. The first kappa shape index (κ1) is 43.6. The van der Waals surface area contributed by atoms with Crippen LogP contribution >= 0.6 is 0 Å². The summed E-state index contributed by atoms with van der Waals surface area (Å²) in [5.74, 6) is 0.887. The third-order valence-corrected chi connectivity index (χ3v) is 14.8. The number of para-hydroxylation sites is 4. The molecule has 0 atom stereocenters. The van der Waals surface area contributed by atoms with Gasteiger partial charge in [-0.05, 0) is 118 Å². The van der Waals surface area contributed by atoms with Gasteiger partial charge in [-0.1, -0.05) is 185 Å². The summed E-state index contributed by atoms with van der Waals surface area (Å²) >= 11 is 0. The van der Waals surface area contributed by atoms with Gasteiger partial charge < -0.3 is 14.7 Å². The molecule has 1 aliphatic rings. The Balaban J connectivity index is 1.03. The van der Waals surface area contributed by atoms with E-state index in [1.54, 1.807) is 0 Å². The molecule has 12 rings (SSSR count). The summed E-state index contributed by atoms with van der Waals surface area (Å²) in [4.78, 5) is 12.3. The van der Waals surface area contributed by atoms with Crippen LogP contribution in [0, 0.1) is 0 Å². The Labute approximate surface area is 417 Å². The Hall–Kier alpha value is -8.67. The van der Waals surface area contributed by atoms with Crippen LogP contribution in [0.15, 0.2) is 249 Å². The molecule has 0 aliphatic carbocycles. The van der Waals surface area contributed by atoms with E-state index in [-0.39, 0.29) is 10.8 Å². The van der Waals surface area contributed by atoms with Gasteiger partial charge in [-0.15, -0.1) is 0 Å². The number of anilines is 7. The zero-order valence-electron chi connectivity index (χ0n) is 40.6. The van der Waals surface area contributed by atoms with Crippen molar-refractivity contribution < 1.29 is 0 Å². The molecule has 0 bridgehead atoms. The van der Waals surface area contributed by atoms with Crippen molar-refractivity contribution in [2.24, 2.45) is 0 Å². The van der Waals surface area contributed by atoms with E-state index in [4.69, 9.17) is 4.98 Å². The number of rotatable bonds is 11. The summed E-state index contributed by atoms with van der Waals surface area (Å²) in [6.07, 6.45) is 1.87. The van der Waals surface area contributed by atoms with Gasteiger partial charge >= 0.3 is 0 Å². The molecule has 11 aromatic rings. The van der Waals surface area contributed by atoms with Crippen LogP contribution in [0.5, 0.6) is 0 Å². The Morgan fingerprint density at radius 1 is 0.380 bits per heavy atom. The van der Waals surface area contributed by atoms with Gasteiger partial charge in [0.2, 0.25) is 0 Å². The first-order valence-corrected chi connectivity index (χ1v) is 24.6. The Morgan fingerprint density at radius 3 is 1.54 bits per heavy atom. The predicted molar refractivity (Wildman–Crippen MR) is 298 cm³/mol. The van der Waals surface area contributed by atoms with Crippen molar-refractivity contribution in [1.29, 1.82) is 0 Å². The number of aromatic nitrogens is 2. The standard InChI is InChI=1S/C66H55N5/c1-65(2,49-25-11-6-12-26-49)51-41-52(66(3,4)50-27-13-7-14-28-50)43-56(42-51)69-46-68(61-33-19-20-34-62(61)69)55-39-48(47-23-9-5-10-24-47)40-57(44-55)70(53-29-15-8-16-30-53)54-36-37-59-58-31-17-18-32-60(58)71(63(59)45-54)64-35-21-22-38-67-64/h5-45H,46H2,1-4H3. The van der Waals surface area contributed by atoms with Crippen LogP contribution in [0.3, 0.4) is 0 Å². The van der Waals surface area contributed by atoms with Gasteiger partial charge in [0.1, 0.15) is 12.5 Å². The van der Waals surface area contributed by atoms with Crippen LogP contribution in [0.4, 0.5) is 39.8 Å². The minimum atomic E-state index is -0.257. The van der Waals surface area contributed by atoms with Gasteiger partial charge in [0.15, 0.2) is 0 Å². The molecular weight excluding hydrogens is 863 g/mol.